The van der Waals surface area contributed by atoms with Crippen molar-refractivity contribution in [1.82, 2.24) is 9.88 Å². The Morgan fingerprint density at radius 2 is 2.00 bits per heavy atom. The van der Waals surface area contributed by atoms with Crippen molar-refractivity contribution < 1.29 is 4.79 Å². The predicted octanol–water partition coefficient (Wildman–Crippen LogP) is 1.75. The zero-order chi connectivity index (χ0) is 15.2. The van der Waals surface area contributed by atoms with E-state index in [9.17, 15) is 9.59 Å². The molecule has 0 aliphatic rings. The second kappa shape index (κ2) is 6.85. The molecule has 0 spiro atoms. The molecule has 1 heterocycles. The molecular formula is C16H19N3O2. The number of rotatable bonds is 5. The fraction of sp³-hybridized carbons (Fsp3) is 0.250. The minimum Gasteiger partial charge on any atom is -0.322 e. The van der Waals surface area contributed by atoms with Gasteiger partial charge in [0.05, 0.1) is 0 Å². The van der Waals surface area contributed by atoms with Gasteiger partial charge < -0.3 is 15.2 Å². The van der Waals surface area contributed by atoms with E-state index in [0.29, 0.717) is 12.1 Å². The van der Waals surface area contributed by atoms with Crippen LogP contribution in [0.2, 0.25) is 0 Å². The van der Waals surface area contributed by atoms with Crippen molar-refractivity contribution in [2.45, 2.75) is 13.5 Å². The molecule has 21 heavy (non-hydrogen) atoms. The van der Waals surface area contributed by atoms with Crippen molar-refractivity contribution in [3.8, 4) is 0 Å². The molecule has 1 aromatic heterocycles. The maximum atomic E-state index is 12.2. The molecule has 0 saturated carbocycles. The van der Waals surface area contributed by atoms with Gasteiger partial charge in [0.2, 0.25) is 0 Å². The van der Waals surface area contributed by atoms with Gasteiger partial charge in [0.25, 0.3) is 11.5 Å². The highest BCUT2D eigenvalue weighted by atomic mass is 16.2. The summed E-state index contributed by atoms with van der Waals surface area (Å²) in [6.45, 7) is 3.57. The van der Waals surface area contributed by atoms with Crippen LogP contribution in [0.3, 0.4) is 0 Å². The molecule has 0 aliphatic heterocycles. The van der Waals surface area contributed by atoms with Crippen LogP contribution in [-0.2, 0) is 13.6 Å². The summed E-state index contributed by atoms with van der Waals surface area (Å²) in [6, 6.07) is 10.6. The highest BCUT2D eigenvalue weighted by Gasteiger charge is 2.09. The zero-order valence-corrected chi connectivity index (χ0v) is 12.2. The van der Waals surface area contributed by atoms with Gasteiger partial charge in [-0.15, -0.1) is 0 Å². The largest absolute Gasteiger partial charge is 0.322 e. The molecule has 0 atom stereocenters. The minimum absolute atomic E-state index is 0.205. The van der Waals surface area contributed by atoms with Crippen LogP contribution in [0.25, 0.3) is 0 Å². The highest BCUT2D eigenvalue weighted by Crippen LogP contribution is 2.15. The van der Waals surface area contributed by atoms with E-state index >= 15 is 0 Å². The van der Waals surface area contributed by atoms with Crippen LogP contribution in [0.1, 0.15) is 22.8 Å². The predicted molar refractivity (Wildman–Crippen MR) is 83.5 cm³/mol. The molecule has 0 aliphatic carbocycles. The first-order valence-corrected chi connectivity index (χ1v) is 6.88. The maximum Gasteiger partial charge on any atom is 0.255 e. The third kappa shape index (κ3) is 3.79. The number of nitrogens with one attached hydrogen (secondary N) is 2. The van der Waals surface area contributed by atoms with Gasteiger partial charge in [-0.3, -0.25) is 9.59 Å². The standard InChI is InChI=1S/C16H19N3O2/c1-3-17-11-13-6-4-5-7-14(13)18-16(21)12-8-9-19(2)15(20)10-12/h4-10,17H,3,11H2,1-2H3,(H,18,21). The molecular weight excluding hydrogens is 266 g/mol. The van der Waals surface area contributed by atoms with Crippen molar-refractivity contribution in [2.75, 3.05) is 11.9 Å². The van der Waals surface area contributed by atoms with E-state index in [0.717, 1.165) is 17.8 Å². The summed E-state index contributed by atoms with van der Waals surface area (Å²) in [6.07, 6.45) is 1.59. The van der Waals surface area contributed by atoms with Gasteiger partial charge >= 0.3 is 0 Å². The summed E-state index contributed by atoms with van der Waals surface area (Å²) in [7, 11) is 1.65. The number of nitrogens with zero attached hydrogens (tertiary/aromatic N) is 1. The van der Waals surface area contributed by atoms with Gasteiger partial charge in [0.1, 0.15) is 0 Å². The third-order valence-electron chi connectivity index (χ3n) is 3.20. The van der Waals surface area contributed by atoms with E-state index in [1.165, 1.54) is 10.6 Å². The van der Waals surface area contributed by atoms with E-state index in [4.69, 9.17) is 0 Å². The van der Waals surface area contributed by atoms with Gasteiger partial charge in [-0.05, 0) is 24.2 Å². The molecule has 0 saturated heterocycles. The van der Waals surface area contributed by atoms with Crippen molar-refractivity contribution in [3.63, 3.8) is 0 Å². The van der Waals surface area contributed by atoms with Crippen molar-refractivity contribution in [3.05, 3.63) is 64.1 Å². The summed E-state index contributed by atoms with van der Waals surface area (Å²) in [5.41, 5.74) is 1.92. The molecule has 110 valence electrons. The smallest absolute Gasteiger partial charge is 0.255 e. The molecule has 1 aromatic carbocycles. The lowest BCUT2D eigenvalue weighted by molar-refractivity contribution is 0.102. The van der Waals surface area contributed by atoms with E-state index in [2.05, 4.69) is 10.6 Å². The lowest BCUT2D eigenvalue weighted by Crippen LogP contribution is -2.21. The first kappa shape index (κ1) is 15.0. The SMILES string of the molecule is CCNCc1ccccc1NC(=O)c1ccn(C)c(=O)c1. The first-order chi connectivity index (χ1) is 10.1. The van der Waals surface area contributed by atoms with E-state index in [1.807, 2.05) is 31.2 Å². The van der Waals surface area contributed by atoms with E-state index < -0.39 is 0 Å². The zero-order valence-electron chi connectivity index (χ0n) is 12.2. The van der Waals surface area contributed by atoms with Gasteiger partial charge in [-0.2, -0.15) is 0 Å². The highest BCUT2D eigenvalue weighted by molar-refractivity contribution is 6.04. The topological polar surface area (TPSA) is 63.1 Å². The molecule has 5 heteroatoms. The van der Waals surface area contributed by atoms with E-state index in [1.54, 1.807) is 19.3 Å². The lowest BCUT2D eigenvalue weighted by atomic mass is 10.1. The Bertz CT molecular complexity index is 692. The molecule has 1 amide bonds. The summed E-state index contributed by atoms with van der Waals surface area (Å²) in [4.78, 5) is 23.8. The second-order valence-corrected chi connectivity index (χ2v) is 4.76. The van der Waals surface area contributed by atoms with Crippen molar-refractivity contribution in [2.24, 2.45) is 7.05 Å². The molecule has 0 bridgehead atoms. The minimum atomic E-state index is -0.281. The molecule has 2 N–H and O–H groups in total. The Kier molecular flexibility index (Phi) is 4.90. The fourth-order valence-electron chi connectivity index (χ4n) is 1.94. The number of benzene rings is 1. The Morgan fingerprint density at radius 1 is 1.24 bits per heavy atom. The molecule has 0 fully saturated rings. The quantitative estimate of drug-likeness (QED) is 0.879. The van der Waals surface area contributed by atoms with Crippen molar-refractivity contribution >= 4 is 11.6 Å². The van der Waals surface area contributed by atoms with Crippen LogP contribution < -0.4 is 16.2 Å². The number of hydrogen-bond donors (Lipinski definition) is 2. The number of carbonyl (C=O) groups excluding carboxylic acids is 1. The Hall–Kier alpha value is -2.40. The average molecular weight is 285 g/mol. The maximum absolute atomic E-state index is 12.2. The van der Waals surface area contributed by atoms with Crippen LogP contribution in [0, 0.1) is 0 Å². The molecule has 2 rings (SSSR count). The fourth-order valence-corrected chi connectivity index (χ4v) is 1.94. The summed E-state index contributed by atoms with van der Waals surface area (Å²) in [5, 5.41) is 6.09. The molecule has 2 aromatic rings. The third-order valence-corrected chi connectivity index (χ3v) is 3.20. The lowest BCUT2D eigenvalue weighted by Gasteiger charge is -2.11. The normalized spacial score (nSPS) is 10.4. The number of para-hydroxylation sites is 1. The van der Waals surface area contributed by atoms with Crippen LogP contribution in [0.15, 0.2) is 47.4 Å². The summed E-state index contributed by atoms with van der Waals surface area (Å²) >= 11 is 0. The number of aryl methyl sites for hydroxylation is 1. The van der Waals surface area contributed by atoms with Crippen molar-refractivity contribution in [1.29, 1.82) is 0 Å². The first-order valence-electron chi connectivity index (χ1n) is 6.88. The van der Waals surface area contributed by atoms with Gasteiger partial charge in [0, 0.05) is 37.1 Å². The van der Waals surface area contributed by atoms with Crippen LogP contribution in [0.5, 0.6) is 0 Å². The summed E-state index contributed by atoms with van der Waals surface area (Å²) in [5.74, 6) is -0.281. The second-order valence-electron chi connectivity index (χ2n) is 4.76. The molecule has 0 unspecified atom stereocenters. The number of carbonyl (C=O) groups is 1. The Morgan fingerprint density at radius 3 is 2.71 bits per heavy atom. The number of aromatic nitrogens is 1. The Balaban J connectivity index is 2.19. The van der Waals surface area contributed by atoms with E-state index in [-0.39, 0.29) is 11.5 Å². The number of amides is 1. The van der Waals surface area contributed by atoms with Gasteiger partial charge in [-0.1, -0.05) is 25.1 Å². The van der Waals surface area contributed by atoms with Gasteiger partial charge in [-0.25, -0.2) is 0 Å². The molecule has 5 nitrogen and oxygen atoms in total. The summed E-state index contributed by atoms with van der Waals surface area (Å²) < 4.78 is 1.43. The monoisotopic (exact) mass is 285 g/mol. The van der Waals surface area contributed by atoms with Crippen LogP contribution in [0.4, 0.5) is 5.69 Å². The number of pyridine rings is 1. The van der Waals surface area contributed by atoms with Gasteiger partial charge in [0.15, 0.2) is 0 Å². The van der Waals surface area contributed by atoms with Crippen LogP contribution in [-0.4, -0.2) is 17.0 Å². The average Bonchev–Trinajstić information content (AvgIpc) is 2.49. The Labute approximate surface area is 123 Å². The number of hydrogen-bond acceptors (Lipinski definition) is 3. The van der Waals surface area contributed by atoms with Crippen LogP contribution >= 0.6 is 0 Å². The number of anilines is 1. The molecule has 0 radical (unpaired) electrons.